The molecule has 0 aliphatic heterocycles. The third-order valence-electron chi connectivity index (χ3n) is 7.87. The summed E-state index contributed by atoms with van der Waals surface area (Å²) in [6.07, 6.45) is 14.5. The highest BCUT2D eigenvalue weighted by molar-refractivity contribution is 5.82. The van der Waals surface area contributed by atoms with Crippen molar-refractivity contribution in [2.24, 2.45) is 23.2 Å². The lowest BCUT2D eigenvalue weighted by Gasteiger charge is -2.53. The maximum atomic E-state index is 11.8. The van der Waals surface area contributed by atoms with E-state index in [0.29, 0.717) is 30.0 Å². The lowest BCUT2D eigenvalue weighted by atomic mass is 9.52. The second kappa shape index (κ2) is 5.73. The molecule has 2 saturated carbocycles. The molecule has 4 rings (SSSR count). The van der Waals surface area contributed by atoms with Crippen LogP contribution in [0.2, 0.25) is 0 Å². The van der Waals surface area contributed by atoms with Crippen molar-refractivity contribution in [2.45, 2.75) is 77.2 Å². The van der Waals surface area contributed by atoms with Crippen molar-refractivity contribution >= 4 is 11.8 Å². The van der Waals surface area contributed by atoms with Crippen LogP contribution < -0.4 is 0 Å². The van der Waals surface area contributed by atoms with E-state index in [1.54, 1.807) is 5.57 Å². The largest absolute Gasteiger partial charge is 0.445 e. The fourth-order valence-corrected chi connectivity index (χ4v) is 6.73. The molecule has 0 saturated heterocycles. The Morgan fingerprint density at radius 3 is 2.72 bits per heavy atom. The minimum atomic E-state index is -0.730. The van der Waals surface area contributed by atoms with Crippen LogP contribution in [0.15, 0.2) is 11.1 Å². The topological polar surface area (TPSA) is 43.4 Å². The van der Waals surface area contributed by atoms with Crippen LogP contribution in [0.25, 0.3) is 0 Å². The van der Waals surface area contributed by atoms with Crippen molar-refractivity contribution in [1.29, 1.82) is 0 Å². The number of rotatable bonds is 1. The molecular formula is C22H28O3. The number of carbonyl (C=O) groups is 2. The predicted molar refractivity (Wildman–Crippen MR) is 95.5 cm³/mol. The van der Waals surface area contributed by atoms with Gasteiger partial charge < -0.3 is 4.74 Å². The molecule has 2 unspecified atom stereocenters. The molecule has 0 heterocycles. The maximum absolute atomic E-state index is 11.8. The van der Waals surface area contributed by atoms with E-state index in [-0.39, 0.29) is 11.4 Å². The third kappa shape index (κ3) is 2.33. The van der Waals surface area contributed by atoms with Gasteiger partial charge in [0.1, 0.15) is 5.78 Å². The fourth-order valence-electron chi connectivity index (χ4n) is 6.73. The Labute approximate surface area is 150 Å². The van der Waals surface area contributed by atoms with Gasteiger partial charge in [0.05, 0.1) is 0 Å². The van der Waals surface area contributed by atoms with Crippen molar-refractivity contribution in [2.75, 3.05) is 0 Å². The van der Waals surface area contributed by atoms with E-state index in [0.717, 1.165) is 51.4 Å². The molecular weight excluding hydrogens is 312 g/mol. The van der Waals surface area contributed by atoms with E-state index in [4.69, 9.17) is 11.2 Å². The lowest BCUT2D eigenvalue weighted by Crippen LogP contribution is -2.52. The zero-order chi connectivity index (χ0) is 17.8. The standard InChI is InChI=1S/C22H28O3/c1-4-22(25-14(2)23)12-10-20-19-7-5-15-13-16(24)6-8-17(15)18(19)9-11-21(20,22)3/h1,18-20H,5-13H2,2-3H3/t18?,19-,20?,21+,22+/m1/s1. The number of ketones is 1. The zero-order valence-electron chi connectivity index (χ0n) is 15.4. The average Bonchev–Trinajstić information content (AvgIpc) is 2.87. The summed E-state index contributed by atoms with van der Waals surface area (Å²) in [6.45, 7) is 3.73. The highest BCUT2D eigenvalue weighted by Gasteiger charge is 2.63. The number of carbonyl (C=O) groups excluding carboxylic acids is 2. The Balaban J connectivity index is 1.66. The molecule has 0 aromatic rings. The molecule has 0 aromatic heterocycles. The van der Waals surface area contributed by atoms with Crippen LogP contribution in [-0.4, -0.2) is 17.4 Å². The van der Waals surface area contributed by atoms with Gasteiger partial charge in [-0.3, -0.25) is 9.59 Å². The van der Waals surface area contributed by atoms with Crippen molar-refractivity contribution in [3.63, 3.8) is 0 Å². The van der Waals surface area contributed by atoms with Crippen molar-refractivity contribution in [3.05, 3.63) is 11.1 Å². The van der Waals surface area contributed by atoms with E-state index in [1.165, 1.54) is 12.5 Å². The number of Topliss-reactive ketones (excluding diaryl/α,β-unsaturated/α-hetero) is 1. The van der Waals surface area contributed by atoms with Crippen LogP contribution >= 0.6 is 0 Å². The van der Waals surface area contributed by atoms with E-state index in [9.17, 15) is 9.59 Å². The monoisotopic (exact) mass is 340 g/mol. The van der Waals surface area contributed by atoms with Crippen LogP contribution in [0.5, 0.6) is 0 Å². The Hall–Kier alpha value is -1.56. The van der Waals surface area contributed by atoms with Gasteiger partial charge in [-0.25, -0.2) is 0 Å². The molecule has 0 amide bonds. The number of terminal acetylenes is 1. The molecule has 3 heteroatoms. The van der Waals surface area contributed by atoms with E-state index in [1.807, 2.05) is 0 Å². The van der Waals surface area contributed by atoms with E-state index in [2.05, 4.69) is 12.8 Å². The minimum absolute atomic E-state index is 0.114. The highest BCUT2D eigenvalue weighted by Crippen LogP contribution is 2.65. The summed E-state index contributed by atoms with van der Waals surface area (Å²) in [6, 6.07) is 0. The number of hydrogen-bond acceptors (Lipinski definition) is 3. The Morgan fingerprint density at radius 2 is 2.00 bits per heavy atom. The average molecular weight is 340 g/mol. The molecule has 3 nitrogen and oxygen atoms in total. The normalized spacial score (nSPS) is 42.9. The summed E-state index contributed by atoms with van der Waals surface area (Å²) >= 11 is 0. The van der Waals surface area contributed by atoms with Gasteiger partial charge in [-0.1, -0.05) is 24.0 Å². The first-order chi connectivity index (χ1) is 11.9. The lowest BCUT2D eigenvalue weighted by molar-refractivity contribution is -0.166. The zero-order valence-corrected chi connectivity index (χ0v) is 15.4. The van der Waals surface area contributed by atoms with Gasteiger partial charge in [-0.05, 0) is 62.7 Å². The van der Waals surface area contributed by atoms with Gasteiger partial charge in [-0.15, -0.1) is 6.42 Å². The first-order valence-electron chi connectivity index (χ1n) is 9.80. The van der Waals surface area contributed by atoms with Gasteiger partial charge in [0, 0.05) is 25.2 Å². The van der Waals surface area contributed by atoms with Crippen molar-refractivity contribution < 1.29 is 14.3 Å². The molecule has 0 spiro atoms. The molecule has 0 aromatic carbocycles. The Kier molecular flexibility index (Phi) is 3.87. The molecule has 4 aliphatic rings. The van der Waals surface area contributed by atoms with Gasteiger partial charge in [0.15, 0.2) is 5.60 Å². The number of esters is 1. The molecule has 2 fully saturated rings. The van der Waals surface area contributed by atoms with Crippen molar-refractivity contribution in [1.82, 2.24) is 0 Å². The molecule has 4 aliphatic carbocycles. The number of fused-ring (bicyclic) bond motifs is 4. The number of hydrogen-bond donors (Lipinski definition) is 0. The van der Waals surface area contributed by atoms with Crippen LogP contribution in [0, 0.1) is 35.5 Å². The Morgan fingerprint density at radius 1 is 1.20 bits per heavy atom. The SMILES string of the molecule is C#C[C@]1(OC(C)=O)CCC2[C@@H]3CCC4=C(CCC(=O)C4)C3CC[C@@]21C. The van der Waals surface area contributed by atoms with Crippen LogP contribution in [0.1, 0.15) is 71.6 Å². The van der Waals surface area contributed by atoms with Crippen LogP contribution in [0.3, 0.4) is 0 Å². The summed E-state index contributed by atoms with van der Waals surface area (Å²) in [5, 5.41) is 0. The highest BCUT2D eigenvalue weighted by atomic mass is 16.6. The second-order valence-corrected chi connectivity index (χ2v) is 8.82. The molecule has 0 bridgehead atoms. The van der Waals surface area contributed by atoms with Gasteiger partial charge in [-0.2, -0.15) is 0 Å². The Bertz CT molecular complexity index is 697. The molecule has 0 radical (unpaired) electrons. The smallest absolute Gasteiger partial charge is 0.304 e. The minimum Gasteiger partial charge on any atom is -0.445 e. The number of ether oxygens (including phenoxy) is 1. The van der Waals surface area contributed by atoms with Gasteiger partial charge in [0.2, 0.25) is 0 Å². The molecule has 5 atom stereocenters. The maximum Gasteiger partial charge on any atom is 0.304 e. The summed E-state index contributed by atoms with van der Waals surface area (Å²) < 4.78 is 5.79. The third-order valence-corrected chi connectivity index (χ3v) is 7.87. The first kappa shape index (κ1) is 16.9. The summed E-state index contributed by atoms with van der Waals surface area (Å²) in [7, 11) is 0. The molecule has 0 N–H and O–H groups in total. The number of allylic oxidation sites excluding steroid dienone is 2. The summed E-state index contributed by atoms with van der Waals surface area (Å²) in [5.74, 6) is 4.84. The van der Waals surface area contributed by atoms with Gasteiger partial charge in [0.25, 0.3) is 0 Å². The van der Waals surface area contributed by atoms with Crippen LogP contribution in [0.4, 0.5) is 0 Å². The molecule has 134 valence electrons. The predicted octanol–water partition coefficient (Wildman–Crippen LogP) is 4.21. The first-order valence-corrected chi connectivity index (χ1v) is 9.80. The van der Waals surface area contributed by atoms with E-state index >= 15 is 0 Å². The second-order valence-electron chi connectivity index (χ2n) is 8.82. The van der Waals surface area contributed by atoms with Gasteiger partial charge >= 0.3 is 5.97 Å². The fraction of sp³-hybridized carbons (Fsp3) is 0.727. The van der Waals surface area contributed by atoms with Crippen molar-refractivity contribution in [3.8, 4) is 12.3 Å². The summed E-state index contributed by atoms with van der Waals surface area (Å²) in [4.78, 5) is 23.6. The van der Waals surface area contributed by atoms with E-state index < -0.39 is 5.60 Å². The molecule has 25 heavy (non-hydrogen) atoms. The summed E-state index contributed by atoms with van der Waals surface area (Å²) in [5.41, 5.74) is 2.20. The van der Waals surface area contributed by atoms with Crippen LogP contribution in [-0.2, 0) is 14.3 Å². The quantitative estimate of drug-likeness (QED) is 0.408.